The Balaban J connectivity index is 1.79. The third kappa shape index (κ3) is 2.23. The van der Waals surface area contributed by atoms with Crippen LogP contribution in [-0.2, 0) is 5.60 Å². The van der Waals surface area contributed by atoms with Gasteiger partial charge in [0.25, 0.3) is 0 Å². The summed E-state index contributed by atoms with van der Waals surface area (Å²) in [5.74, 6) is -0.344. The first kappa shape index (κ1) is 13.2. The van der Waals surface area contributed by atoms with Crippen LogP contribution in [-0.4, -0.2) is 22.2 Å². The van der Waals surface area contributed by atoms with E-state index in [0.29, 0.717) is 36.0 Å². The molecule has 2 unspecified atom stereocenters. The highest BCUT2D eigenvalue weighted by Gasteiger charge is 2.43. The van der Waals surface area contributed by atoms with Gasteiger partial charge in [0.2, 0.25) is 0 Å². The second kappa shape index (κ2) is 4.75. The summed E-state index contributed by atoms with van der Waals surface area (Å²) in [6, 6.07) is 7.57. The van der Waals surface area contributed by atoms with Gasteiger partial charge < -0.3 is 10.4 Å². The number of aromatic nitrogens is 1. The molecule has 110 valence electrons. The fourth-order valence-electron chi connectivity index (χ4n) is 4.00. The second-order valence-electron chi connectivity index (χ2n) is 6.46. The Morgan fingerprint density at radius 1 is 1.24 bits per heavy atom. The summed E-state index contributed by atoms with van der Waals surface area (Å²) in [5, 5.41) is 15.5. The number of nitrogens with zero attached hydrogens (tertiary/aromatic N) is 1. The number of hydrogen-bond acceptors (Lipinski definition) is 3. The molecule has 4 heteroatoms. The number of hydrogen-bond donors (Lipinski definition) is 2. The molecule has 2 fully saturated rings. The monoisotopic (exact) mass is 286 g/mol. The van der Waals surface area contributed by atoms with Gasteiger partial charge in [0.15, 0.2) is 0 Å². The lowest BCUT2D eigenvalue weighted by Gasteiger charge is -2.45. The molecule has 1 aromatic heterocycles. The van der Waals surface area contributed by atoms with Gasteiger partial charge in [-0.05, 0) is 37.8 Å². The highest BCUT2D eigenvalue weighted by Crippen LogP contribution is 2.41. The average molecular weight is 286 g/mol. The van der Waals surface area contributed by atoms with Crippen LogP contribution in [0.4, 0.5) is 4.39 Å². The number of halogens is 1. The number of piperidine rings is 2. The van der Waals surface area contributed by atoms with Crippen LogP contribution in [0.5, 0.6) is 0 Å². The van der Waals surface area contributed by atoms with E-state index in [1.54, 1.807) is 12.3 Å². The van der Waals surface area contributed by atoms with Crippen LogP contribution < -0.4 is 5.32 Å². The molecule has 4 rings (SSSR count). The first-order valence-electron chi connectivity index (χ1n) is 7.67. The molecule has 0 spiro atoms. The Kier molecular flexibility index (Phi) is 2.98. The highest BCUT2D eigenvalue weighted by molar-refractivity contribution is 5.79. The second-order valence-corrected chi connectivity index (χ2v) is 6.46. The largest absolute Gasteiger partial charge is 0.385 e. The quantitative estimate of drug-likeness (QED) is 0.847. The number of aliphatic hydroxyl groups is 1. The molecule has 2 saturated heterocycles. The number of fused-ring (bicyclic) bond motifs is 3. The van der Waals surface area contributed by atoms with E-state index in [0.717, 1.165) is 18.2 Å². The van der Waals surface area contributed by atoms with Gasteiger partial charge in [-0.15, -0.1) is 0 Å². The van der Waals surface area contributed by atoms with E-state index in [1.165, 1.54) is 12.5 Å². The zero-order chi connectivity index (χ0) is 14.4. The Bertz CT molecular complexity index is 676. The number of nitrogens with one attached hydrogen (secondary N) is 1. The molecule has 0 saturated carbocycles. The van der Waals surface area contributed by atoms with Gasteiger partial charge in [-0.25, -0.2) is 4.39 Å². The maximum atomic E-state index is 14.5. The van der Waals surface area contributed by atoms with Gasteiger partial charge in [-0.1, -0.05) is 12.5 Å². The summed E-state index contributed by atoms with van der Waals surface area (Å²) in [6.45, 7) is 0. The Labute approximate surface area is 123 Å². The minimum Gasteiger partial charge on any atom is -0.385 e. The lowest BCUT2D eigenvalue weighted by molar-refractivity contribution is -0.0382. The van der Waals surface area contributed by atoms with Crippen molar-refractivity contribution in [2.75, 3.05) is 0 Å². The predicted molar refractivity (Wildman–Crippen MR) is 79.4 cm³/mol. The minimum atomic E-state index is -1.06. The molecule has 3 nitrogen and oxygen atoms in total. The van der Waals surface area contributed by atoms with Gasteiger partial charge in [-0.3, -0.25) is 4.98 Å². The van der Waals surface area contributed by atoms with Crippen LogP contribution in [0.15, 0.2) is 30.5 Å². The third-order valence-corrected chi connectivity index (χ3v) is 4.94. The van der Waals surface area contributed by atoms with E-state index < -0.39 is 5.60 Å². The van der Waals surface area contributed by atoms with Gasteiger partial charge in [0.05, 0.1) is 11.1 Å². The number of rotatable bonds is 1. The van der Waals surface area contributed by atoms with Crippen LogP contribution in [0.25, 0.3) is 10.9 Å². The summed E-state index contributed by atoms with van der Waals surface area (Å²) >= 11 is 0. The fraction of sp³-hybridized carbons (Fsp3) is 0.471. The van der Waals surface area contributed by atoms with Crippen molar-refractivity contribution >= 4 is 10.9 Å². The topological polar surface area (TPSA) is 45.2 Å². The SMILES string of the molecule is OC1(c2cc3cccnc3cc2F)CC2CCCC(C1)N2. The van der Waals surface area contributed by atoms with Crippen molar-refractivity contribution in [3.05, 3.63) is 41.8 Å². The summed E-state index contributed by atoms with van der Waals surface area (Å²) in [6.07, 6.45) is 6.16. The van der Waals surface area contributed by atoms with Gasteiger partial charge in [-0.2, -0.15) is 0 Å². The van der Waals surface area contributed by atoms with Crippen molar-refractivity contribution in [1.29, 1.82) is 0 Å². The van der Waals surface area contributed by atoms with Crippen molar-refractivity contribution in [1.82, 2.24) is 10.3 Å². The molecule has 21 heavy (non-hydrogen) atoms. The summed E-state index contributed by atoms with van der Waals surface area (Å²) in [5.41, 5.74) is 0.00708. The van der Waals surface area contributed by atoms with E-state index in [9.17, 15) is 9.50 Å². The van der Waals surface area contributed by atoms with Crippen molar-refractivity contribution in [2.24, 2.45) is 0 Å². The number of pyridine rings is 1. The zero-order valence-electron chi connectivity index (χ0n) is 11.8. The third-order valence-electron chi connectivity index (χ3n) is 4.94. The van der Waals surface area contributed by atoms with Crippen LogP contribution in [0.3, 0.4) is 0 Å². The number of benzene rings is 1. The smallest absolute Gasteiger partial charge is 0.131 e. The Morgan fingerprint density at radius 2 is 2.00 bits per heavy atom. The van der Waals surface area contributed by atoms with Gasteiger partial charge in [0, 0.05) is 35.3 Å². The molecule has 2 aromatic rings. The summed E-state index contributed by atoms with van der Waals surface area (Å²) in [4.78, 5) is 4.17. The van der Waals surface area contributed by atoms with Crippen LogP contribution in [0.1, 0.15) is 37.7 Å². The van der Waals surface area contributed by atoms with E-state index in [2.05, 4.69) is 10.3 Å². The lowest BCUT2D eigenvalue weighted by Crippen LogP contribution is -2.54. The van der Waals surface area contributed by atoms with Gasteiger partial charge in [0.1, 0.15) is 5.82 Å². The van der Waals surface area contributed by atoms with E-state index in [4.69, 9.17) is 0 Å². The normalized spacial score (nSPS) is 32.3. The van der Waals surface area contributed by atoms with Crippen molar-refractivity contribution < 1.29 is 9.50 Å². The fourth-order valence-corrected chi connectivity index (χ4v) is 4.00. The lowest BCUT2D eigenvalue weighted by atomic mass is 9.73. The maximum Gasteiger partial charge on any atom is 0.131 e. The zero-order valence-corrected chi connectivity index (χ0v) is 11.8. The molecule has 2 N–H and O–H groups in total. The Hall–Kier alpha value is -1.52. The van der Waals surface area contributed by atoms with Crippen molar-refractivity contribution in [2.45, 2.75) is 49.8 Å². The maximum absolute atomic E-state index is 14.5. The predicted octanol–water partition coefficient (Wildman–Crippen LogP) is 2.87. The Morgan fingerprint density at radius 3 is 2.76 bits per heavy atom. The van der Waals surface area contributed by atoms with E-state index >= 15 is 0 Å². The van der Waals surface area contributed by atoms with Crippen molar-refractivity contribution in [3.8, 4) is 0 Å². The molecular formula is C17H19FN2O. The van der Waals surface area contributed by atoms with E-state index in [1.807, 2.05) is 12.1 Å². The molecule has 2 aliphatic rings. The standard InChI is InChI=1S/C17H19FN2O/c18-15-8-16-11(3-2-6-19-16)7-14(15)17(21)9-12-4-1-5-13(10-17)20-12/h2-3,6-8,12-13,20-21H,1,4-5,9-10H2. The molecule has 2 aliphatic heterocycles. The molecule has 0 aliphatic carbocycles. The molecule has 3 heterocycles. The molecule has 0 amide bonds. The van der Waals surface area contributed by atoms with E-state index in [-0.39, 0.29) is 5.82 Å². The van der Waals surface area contributed by atoms with Crippen LogP contribution in [0, 0.1) is 5.82 Å². The summed E-state index contributed by atoms with van der Waals surface area (Å²) < 4.78 is 14.5. The van der Waals surface area contributed by atoms with Gasteiger partial charge >= 0.3 is 0 Å². The summed E-state index contributed by atoms with van der Waals surface area (Å²) in [7, 11) is 0. The average Bonchev–Trinajstić information content (AvgIpc) is 2.46. The highest BCUT2D eigenvalue weighted by atomic mass is 19.1. The van der Waals surface area contributed by atoms with Crippen LogP contribution in [0.2, 0.25) is 0 Å². The molecular weight excluding hydrogens is 267 g/mol. The molecule has 0 radical (unpaired) electrons. The molecule has 2 bridgehead atoms. The van der Waals surface area contributed by atoms with Crippen LogP contribution >= 0.6 is 0 Å². The molecule has 2 atom stereocenters. The molecule has 1 aromatic carbocycles. The van der Waals surface area contributed by atoms with Crippen molar-refractivity contribution in [3.63, 3.8) is 0 Å². The first-order chi connectivity index (χ1) is 10.1. The first-order valence-corrected chi connectivity index (χ1v) is 7.67. The minimum absolute atomic E-state index is 0.298.